The molecule has 0 saturated carbocycles. The third-order valence-electron chi connectivity index (χ3n) is 6.04. The van der Waals surface area contributed by atoms with Crippen LogP contribution in [0, 0.1) is 0 Å². The van der Waals surface area contributed by atoms with Crippen molar-refractivity contribution >= 4 is 10.0 Å². The van der Waals surface area contributed by atoms with Gasteiger partial charge in [-0.25, -0.2) is 13.4 Å². The molecule has 0 radical (unpaired) electrons. The van der Waals surface area contributed by atoms with E-state index in [-0.39, 0.29) is 42.7 Å². The van der Waals surface area contributed by atoms with Gasteiger partial charge in [-0.15, -0.1) is 0 Å². The lowest BCUT2D eigenvalue weighted by Gasteiger charge is -2.33. The standard InChI is InChI=1S/C20H27F3N6O2S/c1-28-12-19(27-13-28)32(30,31)29-10-16(14-5-3-2-4-6-14)17(11-29)25-7-15-8-26-18(9-24-15)20(21,22)23/h2-6,12-13,15-18,24-26H,7-11H2,1H3/t15?,16-,17+,18?/m1/s1. The van der Waals surface area contributed by atoms with Crippen LogP contribution in [0.25, 0.3) is 0 Å². The molecule has 2 saturated heterocycles. The molecule has 2 aliphatic heterocycles. The Hall–Kier alpha value is -1.99. The molecule has 32 heavy (non-hydrogen) atoms. The molecule has 0 bridgehead atoms. The predicted octanol–water partition coefficient (Wildman–Crippen LogP) is 0.659. The minimum absolute atomic E-state index is 0.00352. The Kier molecular flexibility index (Phi) is 6.59. The van der Waals surface area contributed by atoms with E-state index >= 15 is 0 Å². The Morgan fingerprint density at radius 3 is 2.50 bits per heavy atom. The zero-order valence-electron chi connectivity index (χ0n) is 17.6. The van der Waals surface area contributed by atoms with Crippen molar-refractivity contribution in [3.8, 4) is 0 Å². The van der Waals surface area contributed by atoms with Gasteiger partial charge in [0.2, 0.25) is 0 Å². The summed E-state index contributed by atoms with van der Waals surface area (Å²) in [6.45, 7) is 0.957. The maximum Gasteiger partial charge on any atom is 0.405 e. The second-order valence-corrected chi connectivity index (χ2v) is 10.2. The van der Waals surface area contributed by atoms with Gasteiger partial charge >= 0.3 is 6.18 Å². The number of nitrogens with zero attached hydrogens (tertiary/aromatic N) is 3. The van der Waals surface area contributed by atoms with Crippen molar-refractivity contribution in [2.75, 3.05) is 32.7 Å². The molecule has 0 amide bonds. The smallest absolute Gasteiger partial charge is 0.339 e. The van der Waals surface area contributed by atoms with E-state index in [1.807, 2.05) is 30.3 Å². The first kappa shape index (κ1) is 23.2. The van der Waals surface area contributed by atoms with Crippen molar-refractivity contribution < 1.29 is 21.6 Å². The van der Waals surface area contributed by atoms with Crippen molar-refractivity contribution in [3.05, 3.63) is 48.4 Å². The Labute approximate surface area is 185 Å². The highest BCUT2D eigenvalue weighted by Gasteiger charge is 2.43. The molecule has 4 rings (SSSR count). The molecule has 3 heterocycles. The van der Waals surface area contributed by atoms with Crippen LogP contribution >= 0.6 is 0 Å². The molecule has 1 aromatic carbocycles. The molecule has 1 aromatic heterocycles. The van der Waals surface area contributed by atoms with Gasteiger partial charge in [0, 0.05) is 64.0 Å². The molecule has 2 aromatic rings. The summed E-state index contributed by atoms with van der Waals surface area (Å²) in [4.78, 5) is 4.00. The fourth-order valence-corrected chi connectivity index (χ4v) is 5.70. The van der Waals surface area contributed by atoms with E-state index in [1.54, 1.807) is 11.6 Å². The number of hydrogen-bond acceptors (Lipinski definition) is 6. The molecular formula is C20H27F3N6O2S. The van der Waals surface area contributed by atoms with Crippen LogP contribution in [0.5, 0.6) is 0 Å². The number of hydrogen-bond donors (Lipinski definition) is 3. The number of aromatic nitrogens is 2. The van der Waals surface area contributed by atoms with Crippen molar-refractivity contribution in [3.63, 3.8) is 0 Å². The number of aryl methyl sites for hydroxylation is 1. The lowest BCUT2D eigenvalue weighted by atomic mass is 9.94. The topological polar surface area (TPSA) is 91.3 Å². The quantitative estimate of drug-likeness (QED) is 0.572. The predicted molar refractivity (Wildman–Crippen MR) is 113 cm³/mol. The third-order valence-corrected chi connectivity index (χ3v) is 7.76. The van der Waals surface area contributed by atoms with Gasteiger partial charge < -0.3 is 20.5 Å². The molecule has 2 unspecified atom stereocenters. The van der Waals surface area contributed by atoms with Crippen LogP contribution in [0.3, 0.4) is 0 Å². The van der Waals surface area contributed by atoms with Crippen LogP contribution < -0.4 is 16.0 Å². The van der Waals surface area contributed by atoms with Crippen LogP contribution in [0.1, 0.15) is 11.5 Å². The van der Waals surface area contributed by atoms with Crippen molar-refractivity contribution in [2.24, 2.45) is 7.05 Å². The van der Waals surface area contributed by atoms with Crippen molar-refractivity contribution in [1.82, 2.24) is 29.8 Å². The summed E-state index contributed by atoms with van der Waals surface area (Å²) in [7, 11) is -2.04. The number of halogens is 3. The molecule has 12 heteroatoms. The van der Waals surface area contributed by atoms with Gasteiger partial charge in [-0.05, 0) is 5.56 Å². The lowest BCUT2D eigenvalue weighted by Crippen LogP contribution is -2.62. The molecule has 0 aliphatic carbocycles. The maximum absolute atomic E-state index is 13.1. The van der Waals surface area contributed by atoms with Gasteiger partial charge in [-0.3, -0.25) is 0 Å². The second-order valence-electron chi connectivity index (χ2n) is 8.34. The van der Waals surface area contributed by atoms with E-state index in [0.717, 1.165) is 5.56 Å². The van der Waals surface area contributed by atoms with Gasteiger partial charge in [-0.1, -0.05) is 30.3 Å². The zero-order chi connectivity index (χ0) is 22.9. The number of alkyl halides is 3. The Morgan fingerprint density at radius 1 is 1.16 bits per heavy atom. The number of rotatable bonds is 6. The number of benzene rings is 1. The summed E-state index contributed by atoms with van der Waals surface area (Å²) in [5.74, 6) is -0.0887. The first-order chi connectivity index (χ1) is 15.1. The highest BCUT2D eigenvalue weighted by Crippen LogP contribution is 2.31. The Balaban J connectivity index is 1.45. The summed E-state index contributed by atoms with van der Waals surface area (Å²) < 4.78 is 67.8. The van der Waals surface area contributed by atoms with Crippen LogP contribution in [0.2, 0.25) is 0 Å². The van der Waals surface area contributed by atoms with Gasteiger partial charge in [0.1, 0.15) is 6.04 Å². The monoisotopic (exact) mass is 472 g/mol. The summed E-state index contributed by atoms with van der Waals surface area (Å²) >= 11 is 0. The van der Waals surface area contributed by atoms with Gasteiger partial charge in [0.15, 0.2) is 5.03 Å². The van der Waals surface area contributed by atoms with Gasteiger partial charge in [0.25, 0.3) is 10.0 Å². The van der Waals surface area contributed by atoms with Gasteiger partial charge in [-0.2, -0.15) is 17.5 Å². The molecule has 2 fully saturated rings. The number of imidazole rings is 1. The van der Waals surface area contributed by atoms with E-state index in [1.165, 1.54) is 16.8 Å². The van der Waals surface area contributed by atoms with Crippen molar-refractivity contribution in [2.45, 2.75) is 35.2 Å². The Morgan fingerprint density at radius 2 is 1.91 bits per heavy atom. The fraction of sp³-hybridized carbons (Fsp3) is 0.550. The summed E-state index contributed by atoms with van der Waals surface area (Å²) in [5.41, 5.74) is 1.01. The highest BCUT2D eigenvalue weighted by molar-refractivity contribution is 7.89. The third kappa shape index (κ3) is 4.99. The zero-order valence-corrected chi connectivity index (χ0v) is 18.4. The van der Waals surface area contributed by atoms with E-state index in [4.69, 9.17) is 0 Å². The molecule has 8 nitrogen and oxygen atoms in total. The first-order valence-electron chi connectivity index (χ1n) is 10.4. The normalized spacial score (nSPS) is 27.6. The maximum atomic E-state index is 13.1. The minimum atomic E-state index is -4.28. The van der Waals surface area contributed by atoms with E-state index in [9.17, 15) is 21.6 Å². The summed E-state index contributed by atoms with van der Waals surface area (Å²) in [6, 6.07) is 7.72. The molecule has 4 atom stereocenters. The average molecular weight is 473 g/mol. The SMILES string of the molecule is Cn1cnc(S(=O)(=O)N2C[C@H](NCC3CNC(C(F)(F)F)CN3)[C@@H](c3ccccc3)C2)c1. The highest BCUT2D eigenvalue weighted by atomic mass is 32.2. The van der Waals surface area contributed by atoms with Crippen LogP contribution in [-0.2, 0) is 17.1 Å². The van der Waals surface area contributed by atoms with E-state index in [2.05, 4.69) is 20.9 Å². The average Bonchev–Trinajstić information content (AvgIpc) is 3.40. The van der Waals surface area contributed by atoms with Gasteiger partial charge in [0.05, 0.1) is 6.33 Å². The number of nitrogens with one attached hydrogen (secondary N) is 3. The molecule has 0 spiro atoms. The second kappa shape index (κ2) is 9.10. The van der Waals surface area contributed by atoms with E-state index < -0.39 is 22.2 Å². The fourth-order valence-electron chi connectivity index (χ4n) is 4.25. The molecule has 3 N–H and O–H groups in total. The largest absolute Gasteiger partial charge is 0.405 e. The van der Waals surface area contributed by atoms with Crippen molar-refractivity contribution in [1.29, 1.82) is 0 Å². The van der Waals surface area contributed by atoms with Crippen LogP contribution in [0.15, 0.2) is 47.9 Å². The van der Waals surface area contributed by atoms with Crippen LogP contribution in [-0.4, -0.2) is 79.3 Å². The number of piperazine rings is 1. The Bertz CT molecular complexity index is 1010. The molecular weight excluding hydrogens is 445 g/mol. The first-order valence-corrected chi connectivity index (χ1v) is 11.9. The molecule has 2 aliphatic rings. The summed E-state index contributed by atoms with van der Waals surface area (Å²) in [6.07, 6.45) is -1.36. The minimum Gasteiger partial charge on any atom is -0.339 e. The van der Waals surface area contributed by atoms with Crippen LogP contribution in [0.4, 0.5) is 13.2 Å². The number of sulfonamides is 1. The lowest BCUT2D eigenvalue weighted by molar-refractivity contribution is -0.158. The van der Waals surface area contributed by atoms with E-state index in [0.29, 0.717) is 13.1 Å². The molecule has 176 valence electrons. The summed E-state index contributed by atoms with van der Waals surface area (Å²) in [5, 5.41) is 8.87.